The van der Waals surface area contributed by atoms with Gasteiger partial charge >= 0.3 is 0 Å². The number of hydrogen-bond donors (Lipinski definition) is 1. The largest absolute Gasteiger partial charge is 0.396 e. The molecule has 1 unspecified atom stereocenters. The van der Waals surface area contributed by atoms with E-state index in [0.29, 0.717) is 17.4 Å². The number of nitrogens with zero attached hydrogens (tertiary/aromatic N) is 1. The second kappa shape index (κ2) is 7.27. The fraction of sp³-hybridized carbons (Fsp3) is 0.625. The third kappa shape index (κ3) is 3.98. The first-order chi connectivity index (χ1) is 10.1. The maximum atomic E-state index is 12.0. The van der Waals surface area contributed by atoms with Crippen molar-refractivity contribution in [3.8, 4) is 0 Å². The molecule has 0 spiro atoms. The van der Waals surface area contributed by atoms with E-state index in [1.807, 2.05) is 19.1 Å². The van der Waals surface area contributed by atoms with Crippen LogP contribution in [0.4, 0.5) is 5.69 Å². The summed E-state index contributed by atoms with van der Waals surface area (Å²) in [5, 5.41) is 9.19. The molecule has 0 saturated carbocycles. The molecule has 0 aliphatic carbocycles. The highest BCUT2D eigenvalue weighted by Crippen LogP contribution is 2.27. The molecule has 5 heteroatoms. The molecule has 118 valence electrons. The van der Waals surface area contributed by atoms with E-state index in [0.717, 1.165) is 31.5 Å². The molecular weight excluding hydrogens is 286 g/mol. The topological polar surface area (TPSA) is 57.6 Å². The molecule has 0 amide bonds. The van der Waals surface area contributed by atoms with Crippen LogP contribution in [-0.4, -0.2) is 38.5 Å². The predicted octanol–water partition coefficient (Wildman–Crippen LogP) is 2.61. The average molecular weight is 311 g/mol. The quantitative estimate of drug-likeness (QED) is 0.877. The van der Waals surface area contributed by atoms with Crippen LogP contribution >= 0.6 is 0 Å². The summed E-state index contributed by atoms with van der Waals surface area (Å²) in [6, 6.07) is 7.59. The SMILES string of the molecule is CCCS(=O)(=O)c1ccc(N2CCCCC2CCO)cc1. The molecular formula is C16H25NO3S. The van der Waals surface area contributed by atoms with Crippen LogP contribution in [0.2, 0.25) is 0 Å². The molecule has 1 saturated heterocycles. The van der Waals surface area contributed by atoms with Gasteiger partial charge in [0, 0.05) is 24.9 Å². The first-order valence-electron chi connectivity index (χ1n) is 7.79. The van der Waals surface area contributed by atoms with Crippen molar-refractivity contribution in [3.63, 3.8) is 0 Å². The summed E-state index contributed by atoms with van der Waals surface area (Å²) in [5.74, 6) is 0.198. The zero-order chi connectivity index (χ0) is 15.3. The Hall–Kier alpha value is -1.07. The standard InChI is InChI=1S/C16H25NO3S/c1-2-13-21(19,20)16-8-6-15(7-9-16)17-11-4-3-5-14(17)10-12-18/h6-9,14,18H,2-5,10-13H2,1H3. The van der Waals surface area contributed by atoms with Gasteiger partial charge in [0.25, 0.3) is 0 Å². The molecule has 1 aromatic rings. The molecule has 1 aliphatic rings. The number of aliphatic hydroxyl groups is 1. The molecule has 21 heavy (non-hydrogen) atoms. The number of aliphatic hydroxyl groups excluding tert-OH is 1. The lowest BCUT2D eigenvalue weighted by Crippen LogP contribution is -2.40. The summed E-state index contributed by atoms with van der Waals surface area (Å²) < 4.78 is 24.1. The zero-order valence-corrected chi connectivity index (χ0v) is 13.5. The summed E-state index contributed by atoms with van der Waals surface area (Å²) in [6.45, 7) is 3.05. The molecule has 1 N–H and O–H groups in total. The van der Waals surface area contributed by atoms with E-state index in [2.05, 4.69) is 4.90 Å². The second-order valence-corrected chi connectivity index (χ2v) is 7.78. The van der Waals surface area contributed by atoms with Gasteiger partial charge in [-0.25, -0.2) is 8.42 Å². The average Bonchev–Trinajstić information content (AvgIpc) is 2.48. The van der Waals surface area contributed by atoms with Crippen molar-refractivity contribution < 1.29 is 13.5 Å². The summed E-state index contributed by atoms with van der Waals surface area (Å²) in [5.41, 5.74) is 1.06. The smallest absolute Gasteiger partial charge is 0.178 e. The monoisotopic (exact) mass is 311 g/mol. The van der Waals surface area contributed by atoms with Crippen LogP contribution in [0.1, 0.15) is 39.0 Å². The van der Waals surface area contributed by atoms with Crippen LogP contribution < -0.4 is 4.90 Å². The first-order valence-corrected chi connectivity index (χ1v) is 9.44. The maximum Gasteiger partial charge on any atom is 0.178 e. The predicted molar refractivity (Wildman–Crippen MR) is 85.5 cm³/mol. The Bertz CT molecular complexity index is 537. The Labute approximate surface area is 127 Å². The van der Waals surface area contributed by atoms with Crippen LogP contribution in [0, 0.1) is 0 Å². The van der Waals surface area contributed by atoms with Gasteiger partial charge < -0.3 is 10.0 Å². The van der Waals surface area contributed by atoms with Gasteiger partial charge in [-0.15, -0.1) is 0 Å². The molecule has 1 heterocycles. The van der Waals surface area contributed by atoms with Crippen LogP contribution in [0.15, 0.2) is 29.2 Å². The van der Waals surface area contributed by atoms with Crippen LogP contribution in [0.3, 0.4) is 0 Å². The lowest BCUT2D eigenvalue weighted by Gasteiger charge is -2.37. The summed E-state index contributed by atoms with van der Waals surface area (Å²) in [7, 11) is -3.14. The number of hydrogen-bond acceptors (Lipinski definition) is 4. The van der Waals surface area contributed by atoms with Gasteiger partial charge in [0.2, 0.25) is 0 Å². The minimum absolute atomic E-state index is 0.198. The van der Waals surface area contributed by atoms with Crippen molar-refractivity contribution in [3.05, 3.63) is 24.3 Å². The van der Waals surface area contributed by atoms with Gasteiger partial charge in [-0.2, -0.15) is 0 Å². The van der Waals surface area contributed by atoms with Crippen molar-refractivity contribution >= 4 is 15.5 Å². The van der Waals surface area contributed by atoms with Crippen LogP contribution in [-0.2, 0) is 9.84 Å². The Morgan fingerprint density at radius 2 is 1.95 bits per heavy atom. The Kier molecular flexibility index (Phi) is 5.65. The number of anilines is 1. The van der Waals surface area contributed by atoms with E-state index in [9.17, 15) is 13.5 Å². The normalized spacial score (nSPS) is 19.7. The first kappa shape index (κ1) is 16.3. The molecule has 1 atom stereocenters. The van der Waals surface area contributed by atoms with Crippen LogP contribution in [0.25, 0.3) is 0 Å². The number of benzene rings is 1. The minimum atomic E-state index is -3.14. The van der Waals surface area contributed by atoms with Crippen molar-refractivity contribution in [1.29, 1.82) is 0 Å². The highest BCUT2D eigenvalue weighted by atomic mass is 32.2. The summed E-state index contributed by atoms with van der Waals surface area (Å²) in [6.07, 6.45) is 4.85. The Morgan fingerprint density at radius 1 is 1.24 bits per heavy atom. The highest BCUT2D eigenvalue weighted by molar-refractivity contribution is 7.91. The fourth-order valence-electron chi connectivity index (χ4n) is 3.02. The lowest BCUT2D eigenvalue weighted by molar-refractivity contribution is 0.262. The van der Waals surface area contributed by atoms with Gasteiger partial charge in [-0.1, -0.05) is 6.92 Å². The third-order valence-corrected chi connectivity index (χ3v) is 6.03. The molecule has 0 radical (unpaired) electrons. The van der Waals surface area contributed by atoms with Gasteiger partial charge in [-0.3, -0.25) is 0 Å². The van der Waals surface area contributed by atoms with Crippen molar-refractivity contribution in [2.24, 2.45) is 0 Å². The van der Waals surface area contributed by atoms with E-state index in [-0.39, 0.29) is 12.4 Å². The lowest BCUT2D eigenvalue weighted by atomic mass is 9.99. The molecule has 2 rings (SSSR count). The van der Waals surface area contributed by atoms with Crippen molar-refractivity contribution in [2.45, 2.75) is 50.0 Å². The fourth-order valence-corrected chi connectivity index (χ4v) is 4.35. The van der Waals surface area contributed by atoms with Gasteiger partial charge in [0.1, 0.15) is 0 Å². The molecule has 1 aromatic carbocycles. The summed E-state index contributed by atoms with van der Waals surface area (Å²) in [4.78, 5) is 2.71. The van der Waals surface area contributed by atoms with Crippen molar-refractivity contribution in [2.75, 3.05) is 23.8 Å². The molecule has 0 aromatic heterocycles. The minimum Gasteiger partial charge on any atom is -0.396 e. The third-order valence-electron chi connectivity index (χ3n) is 4.09. The van der Waals surface area contributed by atoms with E-state index in [1.54, 1.807) is 12.1 Å². The van der Waals surface area contributed by atoms with Gasteiger partial charge in [-0.05, 0) is 56.4 Å². The maximum absolute atomic E-state index is 12.0. The molecule has 4 nitrogen and oxygen atoms in total. The second-order valence-electron chi connectivity index (χ2n) is 5.67. The van der Waals surface area contributed by atoms with E-state index in [1.165, 1.54) is 6.42 Å². The highest BCUT2D eigenvalue weighted by Gasteiger charge is 2.22. The number of sulfone groups is 1. The Balaban J connectivity index is 2.17. The Morgan fingerprint density at radius 3 is 2.57 bits per heavy atom. The molecule has 0 bridgehead atoms. The van der Waals surface area contributed by atoms with Crippen molar-refractivity contribution in [1.82, 2.24) is 0 Å². The van der Waals surface area contributed by atoms with Gasteiger partial charge in [0.15, 0.2) is 9.84 Å². The number of rotatable bonds is 6. The van der Waals surface area contributed by atoms with Gasteiger partial charge in [0.05, 0.1) is 10.6 Å². The number of piperidine rings is 1. The summed E-state index contributed by atoms with van der Waals surface area (Å²) >= 11 is 0. The van der Waals surface area contributed by atoms with E-state index >= 15 is 0 Å². The van der Waals surface area contributed by atoms with E-state index in [4.69, 9.17) is 0 Å². The van der Waals surface area contributed by atoms with E-state index < -0.39 is 9.84 Å². The molecule has 1 fully saturated rings. The zero-order valence-electron chi connectivity index (χ0n) is 12.7. The molecule has 1 aliphatic heterocycles. The van der Waals surface area contributed by atoms with Crippen LogP contribution in [0.5, 0.6) is 0 Å².